The van der Waals surface area contributed by atoms with Gasteiger partial charge < -0.3 is 10.6 Å². The van der Waals surface area contributed by atoms with Crippen molar-refractivity contribution in [3.8, 4) is 0 Å². The Labute approximate surface area is 131 Å². The summed E-state index contributed by atoms with van der Waals surface area (Å²) >= 11 is 0. The minimum absolute atomic E-state index is 0.301. The van der Waals surface area contributed by atoms with Crippen LogP contribution in [0.3, 0.4) is 0 Å². The van der Waals surface area contributed by atoms with Gasteiger partial charge in [0.25, 0.3) is 0 Å². The van der Waals surface area contributed by atoms with Gasteiger partial charge in [-0.2, -0.15) is 0 Å². The number of rotatable bonds is 8. The third-order valence-corrected chi connectivity index (χ3v) is 4.35. The maximum atomic E-state index is 12.4. The molecule has 2 N–H and O–H groups in total. The molecule has 21 heavy (non-hydrogen) atoms. The first kappa shape index (κ1) is 18.4. The molecule has 124 valence electrons. The summed E-state index contributed by atoms with van der Waals surface area (Å²) in [6.45, 7) is 14.5. The van der Waals surface area contributed by atoms with Crippen molar-refractivity contribution in [1.82, 2.24) is 9.80 Å². The van der Waals surface area contributed by atoms with E-state index in [4.69, 9.17) is 5.73 Å². The normalized spacial score (nSPS) is 18.5. The molecule has 0 bridgehead atoms. The molecule has 0 aromatic carbocycles. The van der Waals surface area contributed by atoms with Crippen LogP contribution >= 0.6 is 0 Å². The highest BCUT2D eigenvalue weighted by molar-refractivity contribution is 5.76. The van der Waals surface area contributed by atoms with Gasteiger partial charge in [0.05, 0.1) is 0 Å². The van der Waals surface area contributed by atoms with Crippen LogP contribution in [0.2, 0.25) is 0 Å². The SMILES string of the molecule is CC(C)CCN1CCN(C(=O)CC(CN)CC(C)C)CC1. The molecule has 1 saturated heterocycles. The number of nitrogens with two attached hydrogens (primary N) is 1. The molecule has 1 atom stereocenters. The van der Waals surface area contributed by atoms with Crippen molar-refractivity contribution in [2.45, 2.75) is 47.0 Å². The van der Waals surface area contributed by atoms with Gasteiger partial charge in [0, 0.05) is 32.6 Å². The number of amides is 1. The highest BCUT2D eigenvalue weighted by atomic mass is 16.2. The van der Waals surface area contributed by atoms with Crippen molar-refractivity contribution < 1.29 is 4.79 Å². The van der Waals surface area contributed by atoms with E-state index < -0.39 is 0 Å². The number of carbonyl (C=O) groups is 1. The van der Waals surface area contributed by atoms with E-state index in [1.165, 1.54) is 13.0 Å². The number of carbonyl (C=O) groups excluding carboxylic acids is 1. The summed E-state index contributed by atoms with van der Waals surface area (Å²) in [5.74, 6) is 2.01. The van der Waals surface area contributed by atoms with Crippen LogP contribution < -0.4 is 5.73 Å². The third kappa shape index (κ3) is 7.28. The van der Waals surface area contributed by atoms with E-state index in [9.17, 15) is 4.79 Å². The smallest absolute Gasteiger partial charge is 0.222 e. The van der Waals surface area contributed by atoms with E-state index in [1.54, 1.807) is 0 Å². The molecule has 1 unspecified atom stereocenters. The van der Waals surface area contributed by atoms with E-state index in [0.717, 1.165) is 38.5 Å². The van der Waals surface area contributed by atoms with E-state index in [0.29, 0.717) is 30.7 Å². The molecule has 1 aliphatic rings. The van der Waals surface area contributed by atoms with Crippen LogP contribution in [0.4, 0.5) is 0 Å². The van der Waals surface area contributed by atoms with Gasteiger partial charge in [-0.05, 0) is 43.7 Å². The lowest BCUT2D eigenvalue weighted by atomic mass is 9.93. The van der Waals surface area contributed by atoms with E-state index >= 15 is 0 Å². The Balaban J connectivity index is 2.30. The van der Waals surface area contributed by atoms with Crippen LogP contribution in [0.25, 0.3) is 0 Å². The number of nitrogens with zero attached hydrogens (tertiary/aromatic N) is 2. The second-order valence-corrected chi connectivity index (χ2v) is 7.34. The number of piperazine rings is 1. The fourth-order valence-corrected chi connectivity index (χ4v) is 2.97. The summed E-state index contributed by atoms with van der Waals surface area (Å²) < 4.78 is 0. The number of hydrogen-bond acceptors (Lipinski definition) is 3. The minimum atomic E-state index is 0.301. The van der Waals surface area contributed by atoms with E-state index in [2.05, 4.69) is 32.6 Å². The molecule has 4 nitrogen and oxygen atoms in total. The van der Waals surface area contributed by atoms with E-state index in [1.807, 2.05) is 4.90 Å². The quantitative estimate of drug-likeness (QED) is 0.747. The summed E-state index contributed by atoms with van der Waals surface area (Å²) in [6, 6.07) is 0. The van der Waals surface area contributed by atoms with Gasteiger partial charge in [-0.3, -0.25) is 9.69 Å². The molecule has 0 aromatic heterocycles. The van der Waals surface area contributed by atoms with Gasteiger partial charge in [-0.25, -0.2) is 0 Å². The van der Waals surface area contributed by atoms with Gasteiger partial charge in [-0.15, -0.1) is 0 Å². The average Bonchev–Trinajstić information content (AvgIpc) is 2.44. The molecule has 0 aromatic rings. The largest absolute Gasteiger partial charge is 0.340 e. The van der Waals surface area contributed by atoms with Gasteiger partial charge in [0.2, 0.25) is 5.91 Å². The summed E-state index contributed by atoms with van der Waals surface area (Å²) in [4.78, 5) is 16.9. The maximum absolute atomic E-state index is 12.4. The second kappa shape index (κ2) is 9.42. The van der Waals surface area contributed by atoms with E-state index in [-0.39, 0.29) is 0 Å². The molecule has 0 spiro atoms. The highest BCUT2D eigenvalue weighted by Gasteiger charge is 2.23. The van der Waals surface area contributed by atoms with Crippen LogP contribution in [-0.4, -0.2) is 55.0 Å². The molecule has 1 amide bonds. The monoisotopic (exact) mass is 297 g/mol. The Hall–Kier alpha value is -0.610. The Morgan fingerprint density at radius 3 is 2.14 bits per heavy atom. The van der Waals surface area contributed by atoms with Crippen molar-refractivity contribution in [3.63, 3.8) is 0 Å². The molecule has 1 rings (SSSR count). The zero-order chi connectivity index (χ0) is 15.8. The van der Waals surface area contributed by atoms with Crippen LogP contribution in [0, 0.1) is 17.8 Å². The lowest BCUT2D eigenvalue weighted by Gasteiger charge is -2.35. The molecule has 4 heteroatoms. The minimum Gasteiger partial charge on any atom is -0.340 e. The Morgan fingerprint density at radius 2 is 1.67 bits per heavy atom. The van der Waals surface area contributed by atoms with Crippen molar-refractivity contribution in [2.24, 2.45) is 23.5 Å². The summed E-state index contributed by atoms with van der Waals surface area (Å²) in [6.07, 6.45) is 2.93. The fourth-order valence-electron chi connectivity index (χ4n) is 2.97. The molecule has 1 fully saturated rings. The van der Waals surface area contributed by atoms with Crippen molar-refractivity contribution in [3.05, 3.63) is 0 Å². The summed E-state index contributed by atoms with van der Waals surface area (Å²) in [5, 5.41) is 0. The van der Waals surface area contributed by atoms with Gasteiger partial charge >= 0.3 is 0 Å². The molecule has 1 heterocycles. The van der Waals surface area contributed by atoms with Crippen molar-refractivity contribution in [1.29, 1.82) is 0 Å². The predicted octanol–water partition coefficient (Wildman–Crippen LogP) is 2.19. The first-order valence-electron chi connectivity index (χ1n) is 8.62. The first-order chi connectivity index (χ1) is 9.92. The van der Waals surface area contributed by atoms with Crippen molar-refractivity contribution in [2.75, 3.05) is 39.3 Å². The number of hydrogen-bond donors (Lipinski definition) is 1. The fraction of sp³-hybridized carbons (Fsp3) is 0.941. The lowest BCUT2D eigenvalue weighted by Crippen LogP contribution is -2.49. The maximum Gasteiger partial charge on any atom is 0.222 e. The lowest BCUT2D eigenvalue weighted by molar-refractivity contribution is -0.134. The van der Waals surface area contributed by atoms with Crippen LogP contribution in [0.15, 0.2) is 0 Å². The first-order valence-corrected chi connectivity index (χ1v) is 8.62. The Bertz CT molecular complexity index is 296. The second-order valence-electron chi connectivity index (χ2n) is 7.34. The highest BCUT2D eigenvalue weighted by Crippen LogP contribution is 2.16. The average molecular weight is 297 g/mol. The predicted molar refractivity (Wildman–Crippen MR) is 89.1 cm³/mol. The Morgan fingerprint density at radius 1 is 1.05 bits per heavy atom. The molecule has 0 radical (unpaired) electrons. The zero-order valence-electron chi connectivity index (χ0n) is 14.5. The molecule has 1 aliphatic heterocycles. The van der Waals surface area contributed by atoms with Gasteiger partial charge in [-0.1, -0.05) is 27.7 Å². The van der Waals surface area contributed by atoms with Crippen molar-refractivity contribution >= 4 is 5.91 Å². The van der Waals surface area contributed by atoms with Crippen LogP contribution in [0.1, 0.15) is 47.0 Å². The molecular weight excluding hydrogens is 262 g/mol. The Kier molecular flexibility index (Phi) is 8.27. The van der Waals surface area contributed by atoms with Crippen LogP contribution in [0.5, 0.6) is 0 Å². The zero-order valence-corrected chi connectivity index (χ0v) is 14.5. The van der Waals surface area contributed by atoms with Gasteiger partial charge in [0.15, 0.2) is 0 Å². The summed E-state index contributed by atoms with van der Waals surface area (Å²) in [5.41, 5.74) is 5.81. The molecule has 0 saturated carbocycles. The third-order valence-electron chi connectivity index (χ3n) is 4.35. The van der Waals surface area contributed by atoms with Gasteiger partial charge in [0.1, 0.15) is 0 Å². The summed E-state index contributed by atoms with van der Waals surface area (Å²) in [7, 11) is 0. The molecule has 0 aliphatic carbocycles. The topological polar surface area (TPSA) is 49.6 Å². The molecular formula is C17H35N3O. The standard InChI is InChI=1S/C17H35N3O/c1-14(2)5-6-19-7-9-20(10-8-19)17(21)12-16(13-18)11-15(3)4/h14-16H,5-13,18H2,1-4H3. The van der Waals surface area contributed by atoms with Crippen LogP contribution in [-0.2, 0) is 4.79 Å².